The highest BCUT2D eigenvalue weighted by Crippen LogP contribution is 2.32. The fourth-order valence-electron chi connectivity index (χ4n) is 2.16. The maximum Gasteiger partial charge on any atom is 0.133 e. The van der Waals surface area contributed by atoms with Crippen LogP contribution in [0.1, 0.15) is 24.2 Å². The standard InChI is InChI=1S/C15H16N2S/c1-10-14(12-5-3-2-4-6-12)16-13(17-15(10)18)9-11-7-8-11/h2-6,11H,7-9H2,1H3,(H,16,17,18). The third-order valence-corrected chi connectivity index (χ3v) is 3.84. The van der Waals surface area contributed by atoms with Crippen LogP contribution in [-0.4, -0.2) is 9.97 Å². The van der Waals surface area contributed by atoms with Crippen LogP contribution < -0.4 is 0 Å². The van der Waals surface area contributed by atoms with Crippen molar-refractivity contribution in [3.05, 3.63) is 46.4 Å². The number of benzene rings is 1. The SMILES string of the molecule is Cc1c(-c2ccccc2)[nH]c(CC2CC2)nc1=S. The molecule has 0 bridgehead atoms. The van der Waals surface area contributed by atoms with Gasteiger partial charge in [0.1, 0.15) is 10.5 Å². The molecule has 0 saturated heterocycles. The van der Waals surface area contributed by atoms with Crippen molar-refractivity contribution in [2.75, 3.05) is 0 Å². The Hall–Kier alpha value is -1.48. The smallest absolute Gasteiger partial charge is 0.133 e. The van der Waals surface area contributed by atoms with Crippen molar-refractivity contribution < 1.29 is 0 Å². The molecule has 0 aliphatic heterocycles. The third-order valence-electron chi connectivity index (χ3n) is 3.44. The van der Waals surface area contributed by atoms with Crippen molar-refractivity contribution in [1.82, 2.24) is 9.97 Å². The average molecular weight is 256 g/mol. The van der Waals surface area contributed by atoms with Crippen LogP contribution in [0.25, 0.3) is 11.3 Å². The van der Waals surface area contributed by atoms with Gasteiger partial charge in [-0.2, -0.15) is 0 Å². The van der Waals surface area contributed by atoms with E-state index in [2.05, 4.69) is 22.1 Å². The van der Waals surface area contributed by atoms with E-state index in [0.717, 1.165) is 34.1 Å². The molecule has 1 saturated carbocycles. The van der Waals surface area contributed by atoms with E-state index in [1.54, 1.807) is 0 Å². The summed E-state index contributed by atoms with van der Waals surface area (Å²) >= 11 is 5.37. The number of H-pyrrole nitrogens is 1. The maximum atomic E-state index is 5.37. The summed E-state index contributed by atoms with van der Waals surface area (Å²) in [4.78, 5) is 7.96. The fourth-order valence-corrected chi connectivity index (χ4v) is 2.38. The molecule has 1 aliphatic carbocycles. The maximum absolute atomic E-state index is 5.37. The first kappa shape index (κ1) is 11.6. The lowest BCUT2D eigenvalue weighted by Crippen LogP contribution is -2.01. The molecule has 0 radical (unpaired) electrons. The molecule has 2 nitrogen and oxygen atoms in total. The molecule has 3 heteroatoms. The van der Waals surface area contributed by atoms with Gasteiger partial charge in [-0.25, -0.2) is 4.98 Å². The largest absolute Gasteiger partial charge is 0.343 e. The lowest BCUT2D eigenvalue weighted by Gasteiger charge is -2.09. The topological polar surface area (TPSA) is 28.7 Å². The summed E-state index contributed by atoms with van der Waals surface area (Å²) in [5.41, 5.74) is 3.36. The summed E-state index contributed by atoms with van der Waals surface area (Å²) < 4.78 is 0.725. The van der Waals surface area contributed by atoms with E-state index in [0.29, 0.717) is 0 Å². The van der Waals surface area contributed by atoms with Crippen molar-refractivity contribution in [2.24, 2.45) is 5.92 Å². The third kappa shape index (κ3) is 2.36. The molecule has 18 heavy (non-hydrogen) atoms. The van der Waals surface area contributed by atoms with E-state index in [1.165, 1.54) is 18.4 Å². The molecule has 0 atom stereocenters. The number of hydrogen-bond acceptors (Lipinski definition) is 2. The fraction of sp³-hybridized carbons (Fsp3) is 0.333. The van der Waals surface area contributed by atoms with Crippen LogP contribution >= 0.6 is 12.2 Å². The summed E-state index contributed by atoms with van der Waals surface area (Å²) in [7, 11) is 0. The van der Waals surface area contributed by atoms with Crippen molar-refractivity contribution >= 4 is 12.2 Å². The molecule has 1 aromatic heterocycles. The minimum Gasteiger partial charge on any atom is -0.343 e. The van der Waals surface area contributed by atoms with Crippen molar-refractivity contribution in [3.63, 3.8) is 0 Å². The van der Waals surface area contributed by atoms with Gasteiger partial charge in [-0.05, 0) is 31.2 Å². The monoisotopic (exact) mass is 256 g/mol. The van der Waals surface area contributed by atoms with Crippen molar-refractivity contribution in [2.45, 2.75) is 26.2 Å². The van der Waals surface area contributed by atoms with Gasteiger partial charge in [-0.1, -0.05) is 42.5 Å². The summed E-state index contributed by atoms with van der Waals surface area (Å²) in [5.74, 6) is 1.85. The molecule has 1 N–H and O–H groups in total. The van der Waals surface area contributed by atoms with Crippen LogP contribution in [0.5, 0.6) is 0 Å². The number of aromatic amines is 1. The molecule has 3 rings (SSSR count). The van der Waals surface area contributed by atoms with E-state index in [-0.39, 0.29) is 0 Å². The molecule has 1 aliphatic rings. The highest BCUT2D eigenvalue weighted by molar-refractivity contribution is 7.71. The van der Waals surface area contributed by atoms with E-state index in [4.69, 9.17) is 12.2 Å². The van der Waals surface area contributed by atoms with Gasteiger partial charge in [0.05, 0.1) is 5.69 Å². The number of nitrogens with one attached hydrogen (secondary N) is 1. The molecule has 92 valence electrons. The van der Waals surface area contributed by atoms with E-state index >= 15 is 0 Å². The lowest BCUT2D eigenvalue weighted by molar-refractivity contribution is 0.766. The van der Waals surface area contributed by atoms with Crippen LogP contribution in [-0.2, 0) is 6.42 Å². The number of aromatic nitrogens is 2. The first-order valence-corrected chi connectivity index (χ1v) is 6.80. The zero-order valence-electron chi connectivity index (χ0n) is 10.4. The molecule has 1 heterocycles. The number of rotatable bonds is 3. The Morgan fingerprint density at radius 1 is 1.28 bits per heavy atom. The molecular formula is C15H16N2S. The zero-order chi connectivity index (χ0) is 12.5. The van der Waals surface area contributed by atoms with E-state index in [9.17, 15) is 0 Å². The van der Waals surface area contributed by atoms with Crippen LogP contribution in [0.2, 0.25) is 0 Å². The van der Waals surface area contributed by atoms with E-state index < -0.39 is 0 Å². The normalized spacial score (nSPS) is 14.7. The van der Waals surface area contributed by atoms with E-state index in [1.807, 2.05) is 25.1 Å². The molecular weight excluding hydrogens is 240 g/mol. The molecule has 2 aromatic rings. The van der Waals surface area contributed by atoms with Gasteiger partial charge in [-0.15, -0.1) is 0 Å². The van der Waals surface area contributed by atoms with Crippen LogP contribution in [0.3, 0.4) is 0 Å². The van der Waals surface area contributed by atoms with Crippen molar-refractivity contribution in [1.29, 1.82) is 0 Å². The Labute approximate surface area is 112 Å². The highest BCUT2D eigenvalue weighted by Gasteiger charge is 2.23. The second kappa shape index (κ2) is 4.65. The van der Waals surface area contributed by atoms with Gasteiger partial charge < -0.3 is 4.98 Å². The predicted molar refractivity (Wildman–Crippen MR) is 76.0 cm³/mol. The Kier molecular flexibility index (Phi) is 3.00. The summed E-state index contributed by atoms with van der Waals surface area (Å²) in [6, 6.07) is 10.3. The Morgan fingerprint density at radius 3 is 2.67 bits per heavy atom. The second-order valence-electron chi connectivity index (χ2n) is 5.00. The number of hydrogen-bond donors (Lipinski definition) is 1. The zero-order valence-corrected chi connectivity index (χ0v) is 11.3. The van der Waals surface area contributed by atoms with Crippen LogP contribution in [0.4, 0.5) is 0 Å². The molecule has 0 amide bonds. The lowest BCUT2D eigenvalue weighted by atomic mass is 10.1. The molecule has 1 fully saturated rings. The predicted octanol–water partition coefficient (Wildman–Crippen LogP) is 4.07. The quantitative estimate of drug-likeness (QED) is 0.839. The van der Waals surface area contributed by atoms with Gasteiger partial charge in [-0.3, -0.25) is 0 Å². The molecule has 1 aromatic carbocycles. The minimum atomic E-state index is 0.725. The van der Waals surface area contributed by atoms with Gasteiger partial charge in [0.15, 0.2) is 0 Å². The van der Waals surface area contributed by atoms with Crippen LogP contribution in [0, 0.1) is 17.5 Å². The minimum absolute atomic E-state index is 0.725. The second-order valence-corrected chi connectivity index (χ2v) is 5.39. The van der Waals surface area contributed by atoms with Crippen LogP contribution in [0.15, 0.2) is 30.3 Å². The molecule has 0 spiro atoms. The molecule has 0 unspecified atom stereocenters. The number of nitrogens with zero attached hydrogens (tertiary/aromatic N) is 1. The first-order chi connectivity index (χ1) is 8.74. The van der Waals surface area contributed by atoms with Gasteiger partial charge in [0.2, 0.25) is 0 Å². The van der Waals surface area contributed by atoms with Gasteiger partial charge >= 0.3 is 0 Å². The Balaban J connectivity index is 2.06. The van der Waals surface area contributed by atoms with Gasteiger partial charge in [0.25, 0.3) is 0 Å². The van der Waals surface area contributed by atoms with Gasteiger partial charge in [0, 0.05) is 12.0 Å². The summed E-state index contributed by atoms with van der Waals surface area (Å²) in [5, 5.41) is 0. The first-order valence-electron chi connectivity index (χ1n) is 6.39. The Bertz CT molecular complexity index is 612. The summed E-state index contributed by atoms with van der Waals surface area (Å²) in [6.45, 7) is 2.04. The summed E-state index contributed by atoms with van der Waals surface area (Å²) in [6.07, 6.45) is 3.69. The highest BCUT2D eigenvalue weighted by atomic mass is 32.1. The van der Waals surface area contributed by atoms with Crippen molar-refractivity contribution in [3.8, 4) is 11.3 Å². The average Bonchev–Trinajstić information content (AvgIpc) is 3.18. The Morgan fingerprint density at radius 2 is 2.00 bits per heavy atom.